The second kappa shape index (κ2) is 5.48. The average molecular weight is 265 g/mol. The highest BCUT2D eigenvalue weighted by Gasteiger charge is 2.22. The highest BCUT2D eigenvalue weighted by atomic mass is 19.2. The van der Waals surface area contributed by atoms with Crippen LogP contribution >= 0.6 is 0 Å². The Kier molecular flexibility index (Phi) is 3.95. The molecule has 1 N–H and O–H groups in total. The fourth-order valence-corrected chi connectivity index (χ4v) is 2.04. The summed E-state index contributed by atoms with van der Waals surface area (Å²) < 4.78 is 29.5. The summed E-state index contributed by atoms with van der Waals surface area (Å²) in [6.45, 7) is 4.10. The van der Waals surface area contributed by atoms with Crippen molar-refractivity contribution >= 4 is 0 Å². The third kappa shape index (κ3) is 2.66. The van der Waals surface area contributed by atoms with Crippen LogP contribution in [0.4, 0.5) is 8.78 Å². The molecule has 1 heterocycles. The molecule has 0 spiro atoms. The van der Waals surface area contributed by atoms with Gasteiger partial charge in [0.05, 0.1) is 18.1 Å². The molecule has 0 aliphatic carbocycles. The molecule has 0 bridgehead atoms. The molecule has 19 heavy (non-hydrogen) atoms. The maximum absolute atomic E-state index is 14.1. The number of benzene rings is 1. The van der Waals surface area contributed by atoms with Gasteiger partial charge in [-0.05, 0) is 19.0 Å². The molecule has 2 rings (SSSR count). The molecule has 5 heteroatoms. The Balaban J connectivity index is 2.48. The molecular weight excluding hydrogens is 248 g/mol. The lowest BCUT2D eigenvalue weighted by Crippen LogP contribution is -2.24. The molecule has 3 nitrogen and oxygen atoms in total. The van der Waals surface area contributed by atoms with Gasteiger partial charge >= 0.3 is 0 Å². The molecule has 102 valence electrons. The van der Waals surface area contributed by atoms with Crippen molar-refractivity contribution in [1.82, 2.24) is 14.9 Å². The van der Waals surface area contributed by atoms with Crippen LogP contribution in [0.3, 0.4) is 0 Å². The molecule has 1 atom stereocenters. The number of hydrogen-bond acceptors (Lipinski definition) is 2. The second-order valence-electron chi connectivity index (χ2n) is 4.55. The van der Waals surface area contributed by atoms with E-state index in [-0.39, 0.29) is 5.56 Å². The standard InChI is InChI=1S/C14H17F2N3/c1-4-17-14(11-7-19(3)8-18-11)10-6-5-9(2)12(15)13(10)16/h5-8,14,17H,4H2,1-3H3. The topological polar surface area (TPSA) is 29.9 Å². The summed E-state index contributed by atoms with van der Waals surface area (Å²) in [5.41, 5.74) is 1.26. The van der Waals surface area contributed by atoms with E-state index in [0.717, 1.165) is 0 Å². The van der Waals surface area contributed by atoms with Crippen molar-refractivity contribution in [1.29, 1.82) is 0 Å². The van der Waals surface area contributed by atoms with Gasteiger partial charge in [-0.2, -0.15) is 0 Å². The fourth-order valence-electron chi connectivity index (χ4n) is 2.04. The monoisotopic (exact) mass is 265 g/mol. The Bertz CT molecular complexity index is 578. The van der Waals surface area contributed by atoms with Gasteiger partial charge in [0.25, 0.3) is 0 Å². The lowest BCUT2D eigenvalue weighted by molar-refractivity contribution is 0.477. The molecule has 0 fully saturated rings. The van der Waals surface area contributed by atoms with E-state index in [1.54, 1.807) is 36.1 Å². The van der Waals surface area contributed by atoms with Crippen molar-refractivity contribution < 1.29 is 8.78 Å². The van der Waals surface area contributed by atoms with Crippen LogP contribution in [0.5, 0.6) is 0 Å². The van der Waals surface area contributed by atoms with Crippen LogP contribution in [0, 0.1) is 18.6 Å². The zero-order valence-electron chi connectivity index (χ0n) is 11.2. The van der Waals surface area contributed by atoms with Gasteiger partial charge in [-0.3, -0.25) is 0 Å². The molecule has 2 aromatic rings. The number of nitrogens with one attached hydrogen (secondary N) is 1. The van der Waals surface area contributed by atoms with Gasteiger partial charge < -0.3 is 9.88 Å². The highest BCUT2D eigenvalue weighted by molar-refractivity contribution is 5.32. The first-order valence-electron chi connectivity index (χ1n) is 6.20. The van der Waals surface area contributed by atoms with Gasteiger partial charge in [-0.25, -0.2) is 13.8 Å². The van der Waals surface area contributed by atoms with E-state index < -0.39 is 17.7 Å². The number of nitrogens with zero attached hydrogens (tertiary/aromatic N) is 2. The predicted octanol–water partition coefficient (Wildman–Crippen LogP) is 2.71. The molecule has 0 saturated heterocycles. The predicted molar refractivity (Wildman–Crippen MR) is 69.8 cm³/mol. The van der Waals surface area contributed by atoms with Crippen molar-refractivity contribution in [2.45, 2.75) is 19.9 Å². The summed E-state index contributed by atoms with van der Waals surface area (Å²) in [4.78, 5) is 4.22. The lowest BCUT2D eigenvalue weighted by atomic mass is 10.0. The first-order valence-corrected chi connectivity index (χ1v) is 6.20. The third-order valence-electron chi connectivity index (χ3n) is 3.05. The van der Waals surface area contributed by atoms with E-state index >= 15 is 0 Å². The maximum atomic E-state index is 14.1. The number of halogens is 2. The molecule has 1 aromatic carbocycles. The van der Waals surface area contributed by atoms with Crippen LogP contribution in [0.25, 0.3) is 0 Å². The van der Waals surface area contributed by atoms with Crippen molar-refractivity contribution in [3.63, 3.8) is 0 Å². The van der Waals surface area contributed by atoms with Gasteiger partial charge in [0.1, 0.15) is 0 Å². The molecular formula is C14H17F2N3. The van der Waals surface area contributed by atoms with Crippen LogP contribution in [0.1, 0.15) is 29.8 Å². The van der Waals surface area contributed by atoms with E-state index in [1.165, 1.54) is 0 Å². The van der Waals surface area contributed by atoms with E-state index in [9.17, 15) is 8.78 Å². The molecule has 0 radical (unpaired) electrons. The lowest BCUT2D eigenvalue weighted by Gasteiger charge is -2.17. The smallest absolute Gasteiger partial charge is 0.164 e. The largest absolute Gasteiger partial charge is 0.340 e. The Morgan fingerprint density at radius 2 is 2.05 bits per heavy atom. The molecule has 0 amide bonds. The van der Waals surface area contributed by atoms with Crippen LogP contribution in [-0.2, 0) is 7.05 Å². The zero-order chi connectivity index (χ0) is 14.0. The number of aryl methyl sites for hydroxylation is 2. The van der Waals surface area contributed by atoms with Gasteiger partial charge in [-0.1, -0.05) is 19.1 Å². The Labute approximate surface area is 111 Å². The SMILES string of the molecule is CCNC(c1cn(C)cn1)c1ccc(C)c(F)c1F. The zero-order valence-corrected chi connectivity index (χ0v) is 11.2. The van der Waals surface area contributed by atoms with E-state index in [0.29, 0.717) is 17.8 Å². The average Bonchev–Trinajstić information content (AvgIpc) is 2.81. The van der Waals surface area contributed by atoms with Crippen molar-refractivity contribution in [2.75, 3.05) is 6.54 Å². The number of imidazole rings is 1. The summed E-state index contributed by atoms with van der Waals surface area (Å²) in [6, 6.07) is 2.75. The maximum Gasteiger partial charge on any atom is 0.164 e. The summed E-state index contributed by atoms with van der Waals surface area (Å²) in [5.74, 6) is -1.60. The minimum Gasteiger partial charge on any atom is -0.340 e. The normalized spacial score (nSPS) is 12.7. The number of rotatable bonds is 4. The van der Waals surface area contributed by atoms with E-state index in [4.69, 9.17) is 0 Å². The van der Waals surface area contributed by atoms with Crippen molar-refractivity contribution in [3.05, 3.63) is 53.1 Å². The summed E-state index contributed by atoms with van der Waals surface area (Å²) >= 11 is 0. The van der Waals surface area contributed by atoms with Gasteiger partial charge in [0.15, 0.2) is 11.6 Å². The van der Waals surface area contributed by atoms with Crippen molar-refractivity contribution in [2.24, 2.45) is 7.05 Å². The minimum absolute atomic E-state index is 0.281. The van der Waals surface area contributed by atoms with Crippen LogP contribution in [-0.4, -0.2) is 16.1 Å². The molecule has 0 saturated carbocycles. The Morgan fingerprint density at radius 1 is 1.32 bits per heavy atom. The van der Waals surface area contributed by atoms with Crippen molar-refractivity contribution in [3.8, 4) is 0 Å². The Morgan fingerprint density at radius 3 is 2.63 bits per heavy atom. The van der Waals surface area contributed by atoms with Gasteiger partial charge in [0.2, 0.25) is 0 Å². The van der Waals surface area contributed by atoms with Crippen LogP contribution < -0.4 is 5.32 Å². The second-order valence-corrected chi connectivity index (χ2v) is 4.55. The molecule has 1 aromatic heterocycles. The highest BCUT2D eigenvalue weighted by Crippen LogP contribution is 2.26. The quantitative estimate of drug-likeness (QED) is 0.921. The van der Waals surface area contributed by atoms with Crippen LogP contribution in [0.2, 0.25) is 0 Å². The van der Waals surface area contributed by atoms with Gasteiger partial charge in [0, 0.05) is 18.8 Å². The fraction of sp³-hybridized carbons (Fsp3) is 0.357. The number of hydrogen-bond donors (Lipinski definition) is 1. The van der Waals surface area contributed by atoms with Gasteiger partial charge in [-0.15, -0.1) is 0 Å². The molecule has 1 unspecified atom stereocenters. The van der Waals surface area contributed by atoms with E-state index in [1.807, 2.05) is 14.0 Å². The summed E-state index contributed by atoms with van der Waals surface area (Å²) in [6.07, 6.45) is 3.44. The minimum atomic E-state index is -0.809. The first-order chi connectivity index (χ1) is 9.04. The van der Waals surface area contributed by atoms with E-state index in [2.05, 4.69) is 10.3 Å². The summed E-state index contributed by atoms with van der Waals surface area (Å²) in [5, 5.41) is 3.13. The first kappa shape index (κ1) is 13.7. The molecule has 0 aliphatic rings. The number of aromatic nitrogens is 2. The third-order valence-corrected chi connectivity index (χ3v) is 3.05. The summed E-state index contributed by atoms with van der Waals surface area (Å²) in [7, 11) is 1.84. The van der Waals surface area contributed by atoms with Crippen LogP contribution in [0.15, 0.2) is 24.7 Å². The Hall–Kier alpha value is -1.75. The molecule has 0 aliphatic heterocycles.